The van der Waals surface area contributed by atoms with Crippen molar-refractivity contribution in [3.8, 4) is 0 Å². The molecule has 7 nitrogen and oxygen atoms in total. The van der Waals surface area contributed by atoms with Crippen LogP contribution in [0.25, 0.3) is 0 Å². The molecule has 39 heavy (non-hydrogen) atoms. The van der Waals surface area contributed by atoms with Gasteiger partial charge in [-0.15, -0.1) is 0 Å². The molecule has 0 bridgehead atoms. The number of aliphatic hydroxyl groups excluding tert-OH is 1. The van der Waals surface area contributed by atoms with Crippen LogP contribution in [0.15, 0.2) is 59.0 Å². The topological polar surface area (TPSA) is 86.0 Å². The molecule has 1 aliphatic heterocycles. The normalized spacial score (nSPS) is 14.4. The number of hydrogen-bond acceptors (Lipinski definition) is 6. The maximum atomic E-state index is 13.3. The zero-order valence-electron chi connectivity index (χ0n) is 23.4. The molecule has 2 heterocycles. The number of aryl methyl sites for hydroxylation is 2. The number of nitrogens with zero attached hydrogens (tertiary/aromatic N) is 2. The van der Waals surface area contributed by atoms with E-state index in [1.54, 1.807) is 19.1 Å². The molecule has 1 saturated heterocycles. The first kappa shape index (κ1) is 28.4. The molecular formula is C32H41N3O4. The van der Waals surface area contributed by atoms with Crippen LogP contribution in [0.5, 0.6) is 0 Å². The van der Waals surface area contributed by atoms with Crippen molar-refractivity contribution in [1.82, 2.24) is 0 Å². The van der Waals surface area contributed by atoms with Gasteiger partial charge in [0.25, 0.3) is 5.91 Å². The number of aliphatic hydroxyl groups is 1. The molecular weight excluding hydrogens is 490 g/mol. The zero-order chi connectivity index (χ0) is 27.8. The monoisotopic (exact) mass is 531 g/mol. The van der Waals surface area contributed by atoms with Crippen molar-refractivity contribution < 1.29 is 19.1 Å². The number of benzene rings is 2. The molecule has 1 aromatic heterocycles. The van der Waals surface area contributed by atoms with Gasteiger partial charge < -0.3 is 24.6 Å². The van der Waals surface area contributed by atoms with E-state index in [4.69, 9.17) is 4.42 Å². The first-order chi connectivity index (χ1) is 18.9. The second-order valence-corrected chi connectivity index (χ2v) is 10.5. The van der Waals surface area contributed by atoms with Gasteiger partial charge in [-0.25, -0.2) is 0 Å². The van der Waals surface area contributed by atoms with Crippen LogP contribution >= 0.6 is 0 Å². The van der Waals surface area contributed by atoms with Crippen LogP contribution < -0.4 is 15.1 Å². The SMILES string of the molecule is CCCC(CCCO)CC(=O)c1ccc(N2CCN(c3ccccc3C)CC2)c(NC(=O)c2ccc(C)o2)c1. The first-order valence-corrected chi connectivity index (χ1v) is 14.1. The number of rotatable bonds is 12. The number of carbonyl (C=O) groups excluding carboxylic acids is 2. The highest BCUT2D eigenvalue weighted by Crippen LogP contribution is 2.32. The molecule has 2 N–H and O–H groups in total. The third kappa shape index (κ3) is 7.30. The second kappa shape index (κ2) is 13.5. The molecule has 1 amide bonds. The Balaban J connectivity index is 1.55. The van der Waals surface area contributed by atoms with Crippen LogP contribution in [-0.2, 0) is 0 Å². The maximum absolute atomic E-state index is 13.3. The number of nitrogens with one attached hydrogen (secondary N) is 1. The summed E-state index contributed by atoms with van der Waals surface area (Å²) < 4.78 is 5.55. The van der Waals surface area contributed by atoms with Crippen LogP contribution in [0.4, 0.5) is 17.1 Å². The summed E-state index contributed by atoms with van der Waals surface area (Å²) in [6.45, 7) is 9.51. The molecule has 1 atom stereocenters. The lowest BCUT2D eigenvalue weighted by Crippen LogP contribution is -2.47. The number of piperazine rings is 1. The van der Waals surface area contributed by atoms with Gasteiger partial charge in [-0.1, -0.05) is 38.0 Å². The summed E-state index contributed by atoms with van der Waals surface area (Å²) in [4.78, 5) is 31.0. The lowest BCUT2D eigenvalue weighted by Gasteiger charge is -2.38. The van der Waals surface area contributed by atoms with Crippen molar-refractivity contribution in [2.75, 3.05) is 47.9 Å². The number of amides is 1. The molecule has 7 heteroatoms. The lowest BCUT2D eigenvalue weighted by atomic mass is 9.90. The fraction of sp³-hybridized carbons (Fsp3) is 0.438. The van der Waals surface area contributed by atoms with E-state index < -0.39 is 0 Å². The predicted octanol–water partition coefficient (Wildman–Crippen LogP) is 6.24. The van der Waals surface area contributed by atoms with E-state index in [0.29, 0.717) is 29.9 Å². The Morgan fingerprint density at radius 2 is 1.67 bits per heavy atom. The van der Waals surface area contributed by atoms with Gasteiger partial charge in [0.2, 0.25) is 0 Å². The van der Waals surface area contributed by atoms with Gasteiger partial charge in [0.15, 0.2) is 11.5 Å². The maximum Gasteiger partial charge on any atom is 0.291 e. The highest BCUT2D eigenvalue weighted by molar-refractivity contribution is 6.06. The molecule has 1 unspecified atom stereocenters. The van der Waals surface area contributed by atoms with Gasteiger partial charge in [-0.05, 0) is 74.6 Å². The minimum atomic E-state index is -0.334. The van der Waals surface area contributed by atoms with Crippen LogP contribution in [0.1, 0.15) is 71.3 Å². The molecule has 2 aromatic carbocycles. The predicted molar refractivity (Wildman–Crippen MR) is 157 cm³/mol. The van der Waals surface area contributed by atoms with Gasteiger partial charge in [-0.2, -0.15) is 0 Å². The molecule has 0 saturated carbocycles. The summed E-state index contributed by atoms with van der Waals surface area (Å²) >= 11 is 0. The third-order valence-electron chi connectivity index (χ3n) is 7.55. The summed E-state index contributed by atoms with van der Waals surface area (Å²) in [6.07, 6.45) is 3.93. The number of ketones is 1. The average molecular weight is 532 g/mol. The third-order valence-corrected chi connectivity index (χ3v) is 7.55. The average Bonchev–Trinajstić information content (AvgIpc) is 3.38. The quantitative estimate of drug-likeness (QED) is 0.269. The van der Waals surface area contributed by atoms with Crippen LogP contribution in [0.3, 0.4) is 0 Å². The van der Waals surface area contributed by atoms with E-state index in [1.165, 1.54) is 11.3 Å². The minimum absolute atomic E-state index is 0.0617. The molecule has 1 fully saturated rings. The largest absolute Gasteiger partial charge is 0.456 e. The Kier molecular flexibility index (Phi) is 9.82. The summed E-state index contributed by atoms with van der Waals surface area (Å²) in [7, 11) is 0. The summed E-state index contributed by atoms with van der Waals surface area (Å²) in [5, 5.41) is 12.3. The van der Waals surface area contributed by atoms with Gasteiger partial charge in [-0.3, -0.25) is 9.59 Å². The van der Waals surface area contributed by atoms with E-state index >= 15 is 0 Å². The zero-order valence-corrected chi connectivity index (χ0v) is 23.4. The van der Waals surface area contributed by atoms with E-state index in [2.05, 4.69) is 53.2 Å². The Morgan fingerprint density at radius 3 is 2.31 bits per heavy atom. The fourth-order valence-corrected chi connectivity index (χ4v) is 5.45. The number of hydrogen-bond donors (Lipinski definition) is 2. The molecule has 0 radical (unpaired) electrons. The highest BCUT2D eigenvalue weighted by atomic mass is 16.3. The molecule has 4 rings (SSSR count). The van der Waals surface area contributed by atoms with Gasteiger partial charge >= 0.3 is 0 Å². The van der Waals surface area contributed by atoms with Crippen LogP contribution in [0, 0.1) is 19.8 Å². The Hall–Kier alpha value is -3.58. The molecule has 0 spiro atoms. The Labute approximate surface area is 231 Å². The van der Waals surface area contributed by atoms with Crippen LogP contribution in [-0.4, -0.2) is 49.6 Å². The first-order valence-electron chi connectivity index (χ1n) is 14.1. The molecule has 3 aromatic rings. The van der Waals surface area contributed by atoms with E-state index in [1.807, 2.05) is 18.2 Å². The van der Waals surface area contributed by atoms with Crippen molar-refractivity contribution in [1.29, 1.82) is 0 Å². The smallest absolute Gasteiger partial charge is 0.291 e. The lowest BCUT2D eigenvalue weighted by molar-refractivity contribution is 0.0951. The van der Waals surface area contributed by atoms with Crippen molar-refractivity contribution in [2.24, 2.45) is 5.92 Å². The molecule has 0 aliphatic carbocycles. The number of Topliss-reactive ketones (excluding diaryl/α,β-unsaturated/α-hetero) is 1. The van der Waals surface area contributed by atoms with E-state index in [9.17, 15) is 14.7 Å². The molecule has 208 valence electrons. The highest BCUT2D eigenvalue weighted by Gasteiger charge is 2.23. The molecule has 1 aliphatic rings. The number of anilines is 3. The van der Waals surface area contributed by atoms with Crippen molar-refractivity contribution >= 4 is 28.8 Å². The number of carbonyl (C=O) groups is 2. The Morgan fingerprint density at radius 1 is 0.949 bits per heavy atom. The van der Waals surface area contributed by atoms with Gasteiger partial charge in [0, 0.05) is 50.5 Å². The van der Waals surface area contributed by atoms with E-state index in [-0.39, 0.29) is 30.0 Å². The van der Waals surface area contributed by atoms with Crippen molar-refractivity contribution in [3.05, 3.63) is 77.2 Å². The summed E-state index contributed by atoms with van der Waals surface area (Å²) in [5.74, 6) is 0.881. The Bertz CT molecular complexity index is 1260. The second-order valence-electron chi connectivity index (χ2n) is 10.5. The van der Waals surface area contributed by atoms with Gasteiger partial charge in [0.05, 0.1) is 11.4 Å². The van der Waals surface area contributed by atoms with E-state index in [0.717, 1.165) is 51.1 Å². The minimum Gasteiger partial charge on any atom is -0.456 e. The number of furan rings is 1. The van der Waals surface area contributed by atoms with Crippen molar-refractivity contribution in [3.63, 3.8) is 0 Å². The summed E-state index contributed by atoms with van der Waals surface area (Å²) in [6, 6.07) is 17.5. The van der Waals surface area contributed by atoms with Crippen molar-refractivity contribution in [2.45, 2.75) is 52.9 Å². The number of para-hydroxylation sites is 1. The van der Waals surface area contributed by atoms with Crippen LogP contribution in [0.2, 0.25) is 0 Å². The summed E-state index contributed by atoms with van der Waals surface area (Å²) in [5.41, 5.74) is 4.62. The fourth-order valence-electron chi connectivity index (χ4n) is 5.45. The standard InChI is InChI=1S/C32H41N3O4/c1-4-8-25(10-7-20-36)21-30(37)26-13-14-29(27(22-26)33-32(38)31-15-12-24(3)39-31)35-18-16-34(17-19-35)28-11-6-5-9-23(28)2/h5-6,9,11-15,22,25,36H,4,7-8,10,16-21H2,1-3H3,(H,33,38). The van der Waals surface area contributed by atoms with Gasteiger partial charge in [0.1, 0.15) is 5.76 Å².